The summed E-state index contributed by atoms with van der Waals surface area (Å²) in [6.45, 7) is 4.49. The van der Waals surface area contributed by atoms with Crippen molar-refractivity contribution in [1.29, 1.82) is 0 Å². The van der Waals surface area contributed by atoms with Crippen molar-refractivity contribution in [2.45, 2.75) is 25.9 Å². The molecule has 0 saturated carbocycles. The summed E-state index contributed by atoms with van der Waals surface area (Å²) < 4.78 is 16.4. The highest BCUT2D eigenvalue weighted by Crippen LogP contribution is 2.40. The maximum Gasteiger partial charge on any atom is 0.271 e. The fraction of sp³-hybridized carbons (Fsp3) is 0.273. The first-order valence-electron chi connectivity index (χ1n) is 9.37. The molecule has 3 rings (SSSR count). The van der Waals surface area contributed by atoms with E-state index >= 15 is 0 Å². The molecule has 0 aliphatic heterocycles. The van der Waals surface area contributed by atoms with Gasteiger partial charge in [-0.2, -0.15) is 0 Å². The Labute approximate surface area is 195 Å². The van der Waals surface area contributed by atoms with Gasteiger partial charge in [0.05, 0.1) is 15.9 Å². The van der Waals surface area contributed by atoms with Crippen LogP contribution in [0.4, 0.5) is 0 Å². The third-order valence-corrected chi connectivity index (χ3v) is 5.58. The molecule has 0 aliphatic rings. The van der Waals surface area contributed by atoms with Crippen molar-refractivity contribution < 1.29 is 18.7 Å². The van der Waals surface area contributed by atoms with Crippen LogP contribution in [0.2, 0.25) is 10.0 Å². The third kappa shape index (κ3) is 5.26. The largest absolute Gasteiger partial charge is 0.489 e. The maximum atomic E-state index is 11.3. The van der Waals surface area contributed by atoms with Gasteiger partial charge in [-0.25, -0.2) is 4.98 Å². The van der Waals surface area contributed by atoms with E-state index in [0.717, 1.165) is 17.5 Å². The van der Waals surface area contributed by atoms with Gasteiger partial charge >= 0.3 is 0 Å². The van der Waals surface area contributed by atoms with Gasteiger partial charge in [0.15, 0.2) is 23.6 Å². The van der Waals surface area contributed by atoms with Crippen LogP contribution in [-0.4, -0.2) is 23.4 Å². The van der Waals surface area contributed by atoms with Crippen molar-refractivity contribution >= 4 is 40.7 Å². The summed E-state index contributed by atoms with van der Waals surface area (Å²) in [5.41, 5.74) is 6.89. The molecule has 0 radical (unpaired) electrons. The average molecular weight is 484 g/mol. The number of nitrogens with two attached hydrogens (primary N) is 1. The van der Waals surface area contributed by atoms with Gasteiger partial charge < -0.3 is 19.6 Å². The van der Waals surface area contributed by atoms with Crippen LogP contribution >= 0.6 is 34.8 Å². The molecule has 1 heterocycles. The normalized spacial score (nSPS) is 11.4. The van der Waals surface area contributed by atoms with Crippen LogP contribution in [0, 0.1) is 0 Å². The number of carbonyl (C=O) groups is 1. The number of amides is 1. The molecule has 0 aliphatic carbocycles. The lowest BCUT2D eigenvalue weighted by atomic mass is 9.78. The molecule has 9 heteroatoms. The Bertz CT molecular complexity index is 1040. The summed E-state index contributed by atoms with van der Waals surface area (Å²) in [5, 5.41) is 0.857. The lowest BCUT2D eigenvalue weighted by Crippen LogP contribution is -2.19. The molecule has 0 atom stereocenters. The second-order valence-corrected chi connectivity index (χ2v) is 8.43. The van der Waals surface area contributed by atoms with E-state index in [1.54, 1.807) is 0 Å². The van der Waals surface area contributed by atoms with E-state index in [9.17, 15) is 4.79 Å². The fourth-order valence-corrected chi connectivity index (χ4v) is 3.73. The van der Waals surface area contributed by atoms with Crippen molar-refractivity contribution in [1.82, 2.24) is 4.98 Å². The molecule has 0 fully saturated rings. The fourth-order valence-electron chi connectivity index (χ4n) is 3.06. The lowest BCUT2D eigenvalue weighted by Gasteiger charge is -2.27. The quantitative estimate of drug-likeness (QED) is 0.400. The molecule has 0 saturated heterocycles. The Morgan fingerprint density at radius 1 is 1.10 bits per heavy atom. The number of hydrogen-bond acceptors (Lipinski definition) is 5. The summed E-state index contributed by atoms with van der Waals surface area (Å²) in [7, 11) is 0. The first-order valence-corrected chi connectivity index (χ1v) is 10.7. The van der Waals surface area contributed by atoms with Crippen molar-refractivity contribution in [3.63, 3.8) is 0 Å². The number of ether oxygens (including phenoxy) is 2. The summed E-state index contributed by atoms with van der Waals surface area (Å²) in [6, 6.07) is 11.2. The Kier molecular flexibility index (Phi) is 7.36. The number of oxazole rings is 1. The monoisotopic (exact) mass is 482 g/mol. The van der Waals surface area contributed by atoms with E-state index in [-0.39, 0.29) is 23.5 Å². The number of alkyl halides is 1. The van der Waals surface area contributed by atoms with Gasteiger partial charge in [-0.05, 0) is 35.4 Å². The smallest absolute Gasteiger partial charge is 0.271 e. The van der Waals surface area contributed by atoms with Crippen LogP contribution in [0.5, 0.6) is 11.5 Å². The van der Waals surface area contributed by atoms with Crippen molar-refractivity contribution in [2.75, 3.05) is 12.5 Å². The highest BCUT2D eigenvalue weighted by Gasteiger charge is 2.26. The predicted molar refractivity (Wildman–Crippen MR) is 121 cm³/mol. The number of primary amides is 1. The maximum absolute atomic E-state index is 11.3. The average Bonchev–Trinajstić information content (AvgIpc) is 3.21. The summed E-state index contributed by atoms with van der Waals surface area (Å²) >= 11 is 18.5. The minimum atomic E-state index is -0.666. The molecular weight excluding hydrogens is 463 g/mol. The summed E-state index contributed by atoms with van der Waals surface area (Å²) in [5.74, 6) is 0.981. The molecule has 164 valence electrons. The Hall–Kier alpha value is -2.41. The van der Waals surface area contributed by atoms with Crippen LogP contribution in [0.3, 0.4) is 0 Å². The summed E-state index contributed by atoms with van der Waals surface area (Å²) in [6.07, 6.45) is 1.16. The number of benzene rings is 2. The Morgan fingerprint density at radius 2 is 1.74 bits per heavy atom. The van der Waals surface area contributed by atoms with Gasteiger partial charge in [0.2, 0.25) is 0 Å². The van der Waals surface area contributed by atoms with E-state index < -0.39 is 5.91 Å². The number of carbonyl (C=O) groups excluding carboxylic acids is 1. The molecular formula is C22H21Cl3N2O4. The second-order valence-electron chi connectivity index (χ2n) is 7.23. The molecule has 2 aromatic carbocycles. The molecule has 6 nitrogen and oxygen atoms in total. The lowest BCUT2D eigenvalue weighted by molar-refractivity contribution is 0.0992. The van der Waals surface area contributed by atoms with Gasteiger partial charge in [0, 0.05) is 5.41 Å². The topological polar surface area (TPSA) is 87.6 Å². The molecule has 0 bridgehead atoms. The van der Waals surface area contributed by atoms with Crippen LogP contribution in [0.15, 0.2) is 47.2 Å². The number of halogens is 3. The molecule has 2 N–H and O–H groups in total. The van der Waals surface area contributed by atoms with Gasteiger partial charge in [-0.3, -0.25) is 4.79 Å². The predicted octanol–water partition coefficient (Wildman–Crippen LogP) is 5.60. The molecule has 31 heavy (non-hydrogen) atoms. The molecule has 0 spiro atoms. The van der Waals surface area contributed by atoms with Crippen LogP contribution < -0.4 is 15.2 Å². The minimum absolute atomic E-state index is 0.0377. The van der Waals surface area contributed by atoms with Gasteiger partial charge in [-0.1, -0.05) is 49.2 Å². The van der Waals surface area contributed by atoms with Gasteiger partial charge in [0.1, 0.15) is 19.0 Å². The van der Waals surface area contributed by atoms with Crippen molar-refractivity contribution in [3.05, 3.63) is 75.4 Å². The van der Waals surface area contributed by atoms with Crippen molar-refractivity contribution in [2.24, 2.45) is 5.73 Å². The number of hydrogen-bond donors (Lipinski definition) is 1. The van der Waals surface area contributed by atoms with Crippen LogP contribution in [-0.2, 0) is 12.0 Å². The number of aromatic nitrogens is 1. The number of nitrogens with zero attached hydrogens (tertiary/aromatic N) is 1. The highest BCUT2D eigenvalue weighted by atomic mass is 35.5. The van der Waals surface area contributed by atoms with Gasteiger partial charge in [-0.15, -0.1) is 11.6 Å². The molecule has 1 aromatic heterocycles. The van der Waals surface area contributed by atoms with E-state index in [1.165, 1.54) is 0 Å². The molecule has 0 unspecified atom stereocenters. The molecule has 3 aromatic rings. The zero-order chi connectivity index (χ0) is 22.6. The minimum Gasteiger partial charge on any atom is -0.489 e. The standard InChI is InChI=1S/C22H21Cl3N2O4/c1-22(2,14-9-16(24)20(17(25)10-14)29-8-7-23)13-3-5-15(6-4-13)30-11-18-19(21(26)28)27-12-31-18/h3-6,9-10,12H,7-8,11H2,1-2H3,(H2,26,28). The Morgan fingerprint density at radius 3 is 2.32 bits per heavy atom. The third-order valence-electron chi connectivity index (χ3n) is 4.86. The number of rotatable bonds is 9. The van der Waals surface area contributed by atoms with E-state index in [0.29, 0.717) is 34.0 Å². The summed E-state index contributed by atoms with van der Waals surface area (Å²) in [4.78, 5) is 15.1. The van der Waals surface area contributed by atoms with Crippen LogP contribution in [0.25, 0.3) is 0 Å². The van der Waals surface area contributed by atoms with Gasteiger partial charge in [0.25, 0.3) is 5.91 Å². The zero-order valence-corrected chi connectivity index (χ0v) is 19.2. The Balaban J connectivity index is 1.76. The first-order chi connectivity index (χ1) is 14.7. The van der Waals surface area contributed by atoms with E-state index in [1.807, 2.05) is 36.4 Å². The zero-order valence-electron chi connectivity index (χ0n) is 17.0. The molecule has 1 amide bonds. The second kappa shape index (κ2) is 9.81. The van der Waals surface area contributed by atoms with E-state index in [2.05, 4.69) is 18.8 Å². The SMILES string of the molecule is CC(C)(c1ccc(OCc2ocnc2C(N)=O)cc1)c1cc(Cl)c(OCCCl)c(Cl)c1. The van der Waals surface area contributed by atoms with E-state index in [4.69, 9.17) is 54.4 Å². The van der Waals surface area contributed by atoms with Crippen LogP contribution in [0.1, 0.15) is 41.2 Å². The first kappa shape index (κ1) is 23.3. The van der Waals surface area contributed by atoms with Crippen molar-refractivity contribution in [3.8, 4) is 11.5 Å². The highest BCUT2D eigenvalue weighted by molar-refractivity contribution is 6.37.